The summed E-state index contributed by atoms with van der Waals surface area (Å²) in [6, 6.07) is 9.35. The Morgan fingerprint density at radius 2 is 1.77 bits per heavy atom. The molecule has 0 unspecified atom stereocenters. The van der Waals surface area contributed by atoms with Crippen LogP contribution in [0.1, 0.15) is 33.3 Å². The smallest absolute Gasteiger partial charge is 0.410 e. The van der Waals surface area contributed by atoms with Crippen molar-refractivity contribution in [3.8, 4) is 17.2 Å². The third-order valence-corrected chi connectivity index (χ3v) is 7.13. The van der Waals surface area contributed by atoms with Crippen LogP contribution in [0, 0.1) is 23.0 Å². The number of amides is 4. The third-order valence-electron chi connectivity index (χ3n) is 6.92. The van der Waals surface area contributed by atoms with Gasteiger partial charge in [0.25, 0.3) is 0 Å². The summed E-state index contributed by atoms with van der Waals surface area (Å²) in [5.74, 6) is -1.88. The zero-order chi connectivity index (χ0) is 34.5. The van der Waals surface area contributed by atoms with E-state index in [2.05, 4.69) is 20.4 Å². The van der Waals surface area contributed by atoms with Crippen molar-refractivity contribution in [2.75, 3.05) is 55.0 Å². The predicted molar refractivity (Wildman–Crippen MR) is 173 cm³/mol. The molecule has 15 heteroatoms. The van der Waals surface area contributed by atoms with Gasteiger partial charge in [0.05, 0.1) is 29.5 Å². The molecule has 0 bridgehead atoms. The van der Waals surface area contributed by atoms with Crippen LogP contribution in [0.15, 0.2) is 42.6 Å². The Labute approximate surface area is 275 Å². The van der Waals surface area contributed by atoms with Crippen molar-refractivity contribution in [2.24, 2.45) is 0 Å². The number of hydrogen-bond acceptors (Lipinski definition) is 8. The quantitative estimate of drug-likeness (QED) is 0.258. The van der Waals surface area contributed by atoms with Gasteiger partial charge in [-0.2, -0.15) is 5.26 Å². The average Bonchev–Trinajstić information content (AvgIpc) is 3.10. The summed E-state index contributed by atoms with van der Waals surface area (Å²) in [7, 11) is 1.21. The number of anilines is 4. The fourth-order valence-electron chi connectivity index (χ4n) is 4.88. The summed E-state index contributed by atoms with van der Waals surface area (Å²) < 4.78 is 41.9. The van der Waals surface area contributed by atoms with Crippen molar-refractivity contribution in [3.63, 3.8) is 0 Å². The Kier molecular flexibility index (Phi) is 10.7. The first kappa shape index (κ1) is 34.7. The fourth-order valence-corrected chi connectivity index (χ4v) is 5.04. The van der Waals surface area contributed by atoms with Gasteiger partial charge in [0.1, 0.15) is 17.1 Å². The largest absolute Gasteiger partial charge is 0.453 e. The molecular formula is C32H34ClF2N7O5. The number of pyridine rings is 1. The van der Waals surface area contributed by atoms with Gasteiger partial charge in [-0.25, -0.2) is 28.1 Å². The number of nitrogens with zero attached hydrogens (tertiary/aromatic N) is 5. The van der Waals surface area contributed by atoms with Gasteiger partial charge in [0.2, 0.25) is 0 Å². The normalized spacial score (nSPS) is 12.4. The fraction of sp³-hybridized carbons (Fsp3) is 0.344. The summed E-state index contributed by atoms with van der Waals surface area (Å²) in [5.41, 5.74) is -0.319. The molecule has 0 radical (unpaired) electrons. The molecule has 2 N–H and O–H groups in total. The number of aromatic nitrogens is 1. The molecule has 248 valence electrons. The molecule has 0 atom stereocenters. The number of methoxy groups -OCH3 is 1. The van der Waals surface area contributed by atoms with Gasteiger partial charge in [-0.05, 0) is 58.0 Å². The second-order valence-electron chi connectivity index (χ2n) is 11.3. The van der Waals surface area contributed by atoms with E-state index >= 15 is 8.78 Å². The summed E-state index contributed by atoms with van der Waals surface area (Å²) in [5, 5.41) is 15.3. The Bertz CT molecular complexity index is 1700. The first-order valence-corrected chi connectivity index (χ1v) is 15.0. The number of carbonyl (C=O) groups excluding carboxylic acids is 3. The van der Waals surface area contributed by atoms with Gasteiger partial charge in [0.15, 0.2) is 11.6 Å². The molecule has 1 aliphatic heterocycles. The number of carbonyl (C=O) groups is 3. The van der Waals surface area contributed by atoms with Crippen molar-refractivity contribution in [1.82, 2.24) is 15.2 Å². The first-order chi connectivity index (χ1) is 22.3. The van der Waals surface area contributed by atoms with Gasteiger partial charge in [0, 0.05) is 55.7 Å². The minimum Gasteiger partial charge on any atom is -0.453 e. The van der Waals surface area contributed by atoms with E-state index in [1.807, 2.05) is 6.07 Å². The minimum atomic E-state index is -1.06. The molecule has 3 aromatic rings. The molecule has 4 amide bonds. The second-order valence-corrected chi connectivity index (χ2v) is 11.8. The molecule has 0 spiro atoms. The maximum Gasteiger partial charge on any atom is 0.410 e. The minimum absolute atomic E-state index is 0.0397. The van der Waals surface area contributed by atoms with Crippen molar-refractivity contribution in [1.29, 1.82) is 5.26 Å². The molecule has 4 rings (SSSR count). The predicted octanol–water partition coefficient (Wildman–Crippen LogP) is 6.65. The number of hydrogen-bond donors (Lipinski definition) is 2. The summed E-state index contributed by atoms with van der Waals surface area (Å²) in [6.45, 7) is 7.18. The topological polar surface area (TPSA) is 140 Å². The van der Waals surface area contributed by atoms with Crippen LogP contribution in [0.2, 0.25) is 5.02 Å². The Morgan fingerprint density at radius 1 is 1.09 bits per heavy atom. The maximum atomic E-state index is 15.9. The molecule has 0 saturated carbocycles. The van der Waals surface area contributed by atoms with Crippen molar-refractivity contribution >= 4 is 52.7 Å². The molecule has 1 aromatic heterocycles. The zero-order valence-corrected chi connectivity index (χ0v) is 27.2. The van der Waals surface area contributed by atoms with Crippen molar-refractivity contribution in [2.45, 2.75) is 33.3 Å². The number of benzene rings is 2. The molecule has 0 aliphatic carbocycles. The maximum absolute atomic E-state index is 15.9. The van der Waals surface area contributed by atoms with Crippen LogP contribution in [0.3, 0.4) is 0 Å². The highest BCUT2D eigenvalue weighted by Gasteiger charge is 2.36. The van der Waals surface area contributed by atoms with E-state index in [-0.39, 0.29) is 60.5 Å². The van der Waals surface area contributed by atoms with Gasteiger partial charge in [-0.3, -0.25) is 9.80 Å². The number of rotatable bonds is 9. The van der Waals surface area contributed by atoms with E-state index < -0.39 is 41.1 Å². The van der Waals surface area contributed by atoms with Crippen LogP contribution in [0.4, 0.5) is 46.0 Å². The van der Waals surface area contributed by atoms with E-state index in [0.29, 0.717) is 11.1 Å². The molecule has 0 saturated heterocycles. The molecule has 47 heavy (non-hydrogen) atoms. The van der Waals surface area contributed by atoms with E-state index in [1.54, 1.807) is 39.8 Å². The molecule has 1 aliphatic rings. The molecule has 0 fully saturated rings. The van der Waals surface area contributed by atoms with E-state index in [9.17, 15) is 19.6 Å². The standard InChI is InChI=1S/C32H34ClF2N7O5/c1-6-41-28-23(14-20(33)18-39-28)22-8-7-19(17-36)13-26(22)42(30(41)44)27-24(34)15-21(16-25(27)35)37-9-11-40(12-10-38-29(43)46-5)31(45)47-32(2,3)4/h7-8,13-16,18,37H,6,9-12H2,1-5H3,(H,38,43). The van der Waals surface area contributed by atoms with Gasteiger partial charge in [-0.1, -0.05) is 17.7 Å². The van der Waals surface area contributed by atoms with Crippen LogP contribution in [-0.2, 0) is 9.47 Å². The third kappa shape index (κ3) is 7.98. The van der Waals surface area contributed by atoms with Crippen molar-refractivity contribution < 1.29 is 32.6 Å². The molecule has 2 heterocycles. The van der Waals surface area contributed by atoms with Crippen LogP contribution in [0.25, 0.3) is 11.1 Å². The highest BCUT2D eigenvalue weighted by molar-refractivity contribution is 6.31. The first-order valence-electron chi connectivity index (χ1n) is 14.6. The lowest BCUT2D eigenvalue weighted by Crippen LogP contribution is -2.43. The van der Waals surface area contributed by atoms with Gasteiger partial charge < -0.3 is 25.0 Å². The lowest BCUT2D eigenvalue weighted by atomic mass is 10.0. The summed E-state index contributed by atoms with van der Waals surface area (Å²) in [6.07, 6.45) is 0.0564. The Balaban J connectivity index is 1.64. The van der Waals surface area contributed by atoms with Crippen LogP contribution in [-0.4, -0.2) is 73.5 Å². The monoisotopic (exact) mass is 669 g/mol. The number of nitrogens with one attached hydrogen (secondary N) is 2. The highest BCUT2D eigenvalue weighted by Crippen LogP contribution is 2.45. The van der Waals surface area contributed by atoms with E-state index in [1.165, 1.54) is 35.2 Å². The van der Waals surface area contributed by atoms with Gasteiger partial charge >= 0.3 is 18.2 Å². The van der Waals surface area contributed by atoms with Gasteiger partial charge in [-0.15, -0.1) is 0 Å². The van der Waals surface area contributed by atoms with E-state index in [0.717, 1.165) is 17.0 Å². The van der Waals surface area contributed by atoms with Crippen LogP contribution in [0.5, 0.6) is 0 Å². The van der Waals surface area contributed by atoms with Crippen molar-refractivity contribution in [3.05, 3.63) is 64.8 Å². The van der Waals surface area contributed by atoms with Crippen LogP contribution >= 0.6 is 11.6 Å². The SMILES string of the molecule is CCN1C(=O)N(c2c(F)cc(NCCN(CCNC(=O)OC)C(=O)OC(C)(C)C)cc2F)c2cc(C#N)ccc2-c2cc(Cl)cnc21. The number of nitriles is 1. The molecular weight excluding hydrogens is 636 g/mol. The number of halogens is 3. The number of ether oxygens (including phenoxy) is 2. The summed E-state index contributed by atoms with van der Waals surface area (Å²) in [4.78, 5) is 46.0. The Hall–Kier alpha value is -5.16. The summed E-state index contributed by atoms with van der Waals surface area (Å²) >= 11 is 6.24. The average molecular weight is 670 g/mol. The van der Waals surface area contributed by atoms with E-state index in [4.69, 9.17) is 16.3 Å². The molecule has 12 nitrogen and oxygen atoms in total. The lowest BCUT2D eigenvalue weighted by Gasteiger charge is -2.29. The number of urea groups is 1. The van der Waals surface area contributed by atoms with Crippen LogP contribution < -0.4 is 20.4 Å². The number of fused-ring (bicyclic) bond motifs is 3. The lowest BCUT2D eigenvalue weighted by molar-refractivity contribution is 0.0258. The zero-order valence-electron chi connectivity index (χ0n) is 26.5. The second kappa shape index (κ2) is 14.5. The number of alkyl carbamates (subject to hydrolysis) is 1. The Morgan fingerprint density at radius 3 is 2.38 bits per heavy atom. The highest BCUT2D eigenvalue weighted by atomic mass is 35.5. The molecule has 2 aromatic carbocycles.